The van der Waals surface area contributed by atoms with E-state index in [-0.39, 0.29) is 4.90 Å². The van der Waals surface area contributed by atoms with Crippen molar-refractivity contribution in [3.63, 3.8) is 0 Å². The largest absolute Gasteiger partial charge is 0.373 e. The van der Waals surface area contributed by atoms with Crippen LogP contribution < -0.4 is 10.0 Å². The van der Waals surface area contributed by atoms with Crippen LogP contribution in [0.25, 0.3) is 0 Å². The Morgan fingerprint density at radius 2 is 2.15 bits per heavy atom. The molecule has 20 heavy (non-hydrogen) atoms. The van der Waals surface area contributed by atoms with Gasteiger partial charge in [0.25, 0.3) is 0 Å². The fraction of sp³-hybridized carbons (Fsp3) is 0.250. The van der Waals surface area contributed by atoms with Crippen molar-refractivity contribution < 1.29 is 8.42 Å². The molecule has 0 spiro atoms. The molecule has 5 nitrogen and oxygen atoms in total. The minimum absolute atomic E-state index is 0.212. The van der Waals surface area contributed by atoms with E-state index < -0.39 is 10.0 Å². The Balaban J connectivity index is 2.00. The topological polar surface area (TPSA) is 71.1 Å². The summed E-state index contributed by atoms with van der Waals surface area (Å²) < 4.78 is 27.9. The summed E-state index contributed by atoms with van der Waals surface area (Å²) in [6.45, 7) is 0.368. The number of sulfonamides is 1. The average Bonchev–Trinajstić information content (AvgIpc) is 2.84. The second kappa shape index (κ2) is 6.66. The van der Waals surface area contributed by atoms with E-state index in [4.69, 9.17) is 0 Å². The van der Waals surface area contributed by atoms with Crippen molar-refractivity contribution >= 4 is 43.1 Å². The summed E-state index contributed by atoms with van der Waals surface area (Å²) in [5.74, 6) is 0.523. The first kappa shape index (κ1) is 15.4. The molecule has 0 fully saturated rings. The molecule has 0 unspecified atom stereocenters. The number of halogens is 1. The maximum Gasteiger partial charge on any atom is 0.240 e. The van der Waals surface area contributed by atoms with E-state index in [1.165, 1.54) is 18.3 Å². The van der Waals surface area contributed by atoms with Gasteiger partial charge in [0.1, 0.15) is 5.82 Å². The minimum Gasteiger partial charge on any atom is -0.373 e. The zero-order valence-electron chi connectivity index (χ0n) is 10.8. The summed E-state index contributed by atoms with van der Waals surface area (Å²) in [7, 11) is -1.80. The molecule has 0 aliphatic heterocycles. The molecule has 108 valence electrons. The van der Waals surface area contributed by atoms with Crippen LogP contribution in [0.15, 0.2) is 39.1 Å². The highest BCUT2D eigenvalue weighted by Crippen LogP contribution is 2.22. The summed E-state index contributed by atoms with van der Waals surface area (Å²) in [4.78, 5) is 5.34. The number of nitrogens with one attached hydrogen (secondary N) is 2. The van der Waals surface area contributed by atoms with Crippen LogP contribution in [0.5, 0.6) is 0 Å². The van der Waals surface area contributed by atoms with Crippen molar-refractivity contribution in [1.82, 2.24) is 9.71 Å². The maximum absolute atomic E-state index is 12.1. The van der Waals surface area contributed by atoms with Gasteiger partial charge in [0, 0.05) is 30.7 Å². The molecular formula is C12H14BrN3O2S2. The van der Waals surface area contributed by atoms with Crippen molar-refractivity contribution in [1.29, 1.82) is 0 Å². The van der Waals surface area contributed by atoms with Crippen LogP contribution in [0.4, 0.5) is 5.82 Å². The van der Waals surface area contributed by atoms with E-state index in [2.05, 4.69) is 31.0 Å². The van der Waals surface area contributed by atoms with Gasteiger partial charge in [-0.25, -0.2) is 18.1 Å². The fourth-order valence-electron chi connectivity index (χ4n) is 1.59. The minimum atomic E-state index is -3.49. The maximum atomic E-state index is 12.1. The first-order chi connectivity index (χ1) is 9.51. The van der Waals surface area contributed by atoms with Gasteiger partial charge in [-0.05, 0) is 40.5 Å². The van der Waals surface area contributed by atoms with Crippen molar-refractivity contribution in [2.24, 2.45) is 0 Å². The van der Waals surface area contributed by atoms with Crippen molar-refractivity contribution in [3.8, 4) is 0 Å². The highest BCUT2D eigenvalue weighted by Gasteiger charge is 2.14. The molecule has 2 aromatic heterocycles. The normalized spacial score (nSPS) is 11.5. The van der Waals surface area contributed by atoms with Gasteiger partial charge in [0.2, 0.25) is 10.0 Å². The molecule has 2 aromatic rings. The summed E-state index contributed by atoms with van der Waals surface area (Å²) in [5.41, 5.74) is 0. The van der Waals surface area contributed by atoms with Gasteiger partial charge < -0.3 is 5.32 Å². The standard InChI is InChI=1S/C12H14BrN3O2S2/c1-14-12-8-10(5-6-15-12)20(17,18)16-7-4-9-2-3-11(13)19-9/h2-3,5-6,8,16H,4,7H2,1H3,(H,14,15). The van der Waals surface area contributed by atoms with E-state index in [1.54, 1.807) is 18.4 Å². The number of hydrogen-bond acceptors (Lipinski definition) is 5. The fourth-order valence-corrected chi connectivity index (χ4v) is 4.12. The smallest absolute Gasteiger partial charge is 0.240 e. The number of anilines is 1. The molecule has 0 bridgehead atoms. The zero-order chi connectivity index (χ0) is 14.6. The Bertz CT molecular complexity index is 686. The second-order valence-electron chi connectivity index (χ2n) is 3.98. The van der Waals surface area contributed by atoms with E-state index in [0.29, 0.717) is 18.8 Å². The zero-order valence-corrected chi connectivity index (χ0v) is 14.0. The summed E-state index contributed by atoms with van der Waals surface area (Å²) in [6, 6.07) is 6.92. The monoisotopic (exact) mass is 375 g/mol. The predicted molar refractivity (Wildman–Crippen MR) is 84.7 cm³/mol. The number of hydrogen-bond donors (Lipinski definition) is 2. The van der Waals surface area contributed by atoms with Crippen molar-refractivity contribution in [2.75, 3.05) is 18.9 Å². The average molecular weight is 376 g/mol. The van der Waals surface area contributed by atoms with Gasteiger partial charge in [-0.15, -0.1) is 11.3 Å². The molecular weight excluding hydrogens is 362 g/mol. The SMILES string of the molecule is CNc1cc(S(=O)(=O)NCCc2ccc(Br)s2)ccn1. The third kappa shape index (κ3) is 4.02. The van der Waals surface area contributed by atoms with E-state index in [1.807, 2.05) is 12.1 Å². The van der Waals surface area contributed by atoms with Gasteiger partial charge >= 0.3 is 0 Å². The van der Waals surface area contributed by atoms with Crippen LogP contribution in [0, 0.1) is 0 Å². The number of thiophene rings is 1. The van der Waals surface area contributed by atoms with E-state index in [0.717, 1.165) is 8.66 Å². The predicted octanol–water partition coefficient (Wildman–Crippen LogP) is 2.47. The van der Waals surface area contributed by atoms with Crippen LogP contribution >= 0.6 is 27.3 Å². The number of aromatic nitrogens is 1. The lowest BCUT2D eigenvalue weighted by atomic mass is 10.3. The lowest BCUT2D eigenvalue weighted by molar-refractivity contribution is 0.581. The van der Waals surface area contributed by atoms with Crippen LogP contribution in [-0.4, -0.2) is 27.0 Å². The Morgan fingerprint density at radius 1 is 1.35 bits per heavy atom. The summed E-state index contributed by atoms with van der Waals surface area (Å²) >= 11 is 4.98. The van der Waals surface area contributed by atoms with Crippen molar-refractivity contribution in [2.45, 2.75) is 11.3 Å². The molecule has 0 radical (unpaired) electrons. The molecule has 0 aliphatic carbocycles. The Hall–Kier alpha value is -0.960. The van der Waals surface area contributed by atoms with Crippen LogP contribution in [-0.2, 0) is 16.4 Å². The van der Waals surface area contributed by atoms with Gasteiger partial charge in [0.05, 0.1) is 8.68 Å². The van der Waals surface area contributed by atoms with Gasteiger partial charge in [0.15, 0.2) is 0 Å². The Labute approximate surface area is 130 Å². The molecule has 0 aromatic carbocycles. The van der Waals surface area contributed by atoms with Crippen LogP contribution in [0.2, 0.25) is 0 Å². The number of rotatable bonds is 6. The highest BCUT2D eigenvalue weighted by atomic mass is 79.9. The first-order valence-corrected chi connectivity index (χ1v) is 8.98. The molecule has 0 amide bonds. The molecule has 0 saturated heterocycles. The quantitative estimate of drug-likeness (QED) is 0.813. The molecule has 2 N–H and O–H groups in total. The summed E-state index contributed by atoms with van der Waals surface area (Å²) in [5, 5.41) is 2.82. The number of pyridine rings is 1. The van der Waals surface area contributed by atoms with E-state index in [9.17, 15) is 8.42 Å². The molecule has 2 heterocycles. The Kier molecular flexibility index (Phi) is 5.14. The van der Waals surface area contributed by atoms with Crippen LogP contribution in [0.1, 0.15) is 4.88 Å². The molecule has 0 aliphatic rings. The van der Waals surface area contributed by atoms with Gasteiger partial charge in [-0.1, -0.05) is 0 Å². The second-order valence-corrected chi connectivity index (χ2v) is 8.29. The molecule has 0 atom stereocenters. The summed E-state index contributed by atoms with van der Waals surface area (Å²) in [6.07, 6.45) is 2.14. The molecule has 0 saturated carbocycles. The first-order valence-electron chi connectivity index (χ1n) is 5.89. The molecule has 8 heteroatoms. The van der Waals surface area contributed by atoms with E-state index >= 15 is 0 Å². The van der Waals surface area contributed by atoms with Crippen LogP contribution in [0.3, 0.4) is 0 Å². The Morgan fingerprint density at radius 3 is 2.80 bits per heavy atom. The van der Waals surface area contributed by atoms with Gasteiger partial charge in [-0.3, -0.25) is 0 Å². The highest BCUT2D eigenvalue weighted by molar-refractivity contribution is 9.11. The third-order valence-corrected chi connectivity index (χ3v) is 5.73. The van der Waals surface area contributed by atoms with Crippen molar-refractivity contribution in [3.05, 3.63) is 39.1 Å². The lowest BCUT2D eigenvalue weighted by Gasteiger charge is -2.07. The third-order valence-electron chi connectivity index (χ3n) is 2.59. The number of nitrogens with zero attached hydrogens (tertiary/aromatic N) is 1. The van der Waals surface area contributed by atoms with Gasteiger partial charge in [-0.2, -0.15) is 0 Å². The lowest BCUT2D eigenvalue weighted by Crippen LogP contribution is -2.26. The molecule has 2 rings (SSSR count).